The van der Waals surface area contributed by atoms with Crippen LogP contribution in [0.5, 0.6) is 0 Å². The van der Waals surface area contributed by atoms with Crippen LogP contribution in [0.1, 0.15) is 47.3 Å². The number of benzene rings is 1. The van der Waals surface area contributed by atoms with E-state index in [4.69, 9.17) is 0 Å². The average molecular weight is 371 g/mol. The minimum atomic E-state index is -0.0426. The number of fused-ring (bicyclic) bond motifs is 1. The average Bonchev–Trinajstić information content (AvgIpc) is 2.89. The van der Waals surface area contributed by atoms with E-state index in [2.05, 4.69) is 11.4 Å². The number of hydrogen-bond acceptors (Lipinski definition) is 4. The molecule has 2 aromatic rings. The third-order valence-electron chi connectivity index (χ3n) is 4.49. The van der Waals surface area contributed by atoms with Crippen molar-refractivity contribution in [3.8, 4) is 6.07 Å². The standard InChI is InChI=1S/C20H22N2OS2/c1-14-8-6-7-10-17(14)24-13-19(23)22-20-16(12-21)15-9-4-2-3-5-11-18(15)25-20/h6-8,10H,2-5,9,11,13H2,1H3,(H,22,23). The fraction of sp³-hybridized carbons (Fsp3) is 0.400. The lowest BCUT2D eigenvalue weighted by atomic mass is 9.97. The van der Waals surface area contributed by atoms with Gasteiger partial charge < -0.3 is 5.32 Å². The van der Waals surface area contributed by atoms with Gasteiger partial charge in [-0.2, -0.15) is 5.26 Å². The van der Waals surface area contributed by atoms with Gasteiger partial charge in [0.15, 0.2) is 0 Å². The first-order valence-corrected chi connectivity index (χ1v) is 10.5. The Kier molecular flexibility index (Phi) is 6.17. The third-order valence-corrected chi connectivity index (χ3v) is 6.87. The molecule has 0 unspecified atom stereocenters. The van der Waals surface area contributed by atoms with Crippen molar-refractivity contribution in [1.29, 1.82) is 5.26 Å². The molecule has 25 heavy (non-hydrogen) atoms. The van der Waals surface area contributed by atoms with Crippen LogP contribution >= 0.6 is 23.1 Å². The molecule has 0 spiro atoms. The van der Waals surface area contributed by atoms with E-state index in [0.717, 1.165) is 29.2 Å². The normalized spacial score (nSPS) is 14.1. The molecule has 0 radical (unpaired) electrons. The molecule has 130 valence electrons. The first-order chi connectivity index (χ1) is 12.2. The minimum Gasteiger partial charge on any atom is -0.316 e. The first-order valence-electron chi connectivity index (χ1n) is 8.72. The lowest BCUT2D eigenvalue weighted by molar-refractivity contribution is -0.113. The summed E-state index contributed by atoms with van der Waals surface area (Å²) in [5, 5.41) is 13.3. The molecule has 1 aliphatic carbocycles. The van der Waals surface area contributed by atoms with Gasteiger partial charge in [-0.25, -0.2) is 0 Å². The number of hydrogen-bond donors (Lipinski definition) is 1. The van der Waals surface area contributed by atoms with Crippen LogP contribution in [0, 0.1) is 18.3 Å². The molecule has 3 rings (SSSR count). The number of thiophene rings is 1. The summed E-state index contributed by atoms with van der Waals surface area (Å²) in [6.45, 7) is 2.05. The largest absolute Gasteiger partial charge is 0.316 e. The van der Waals surface area contributed by atoms with Crippen LogP contribution in [0.3, 0.4) is 0 Å². The van der Waals surface area contributed by atoms with Gasteiger partial charge in [0.25, 0.3) is 0 Å². The number of rotatable bonds is 4. The van der Waals surface area contributed by atoms with Gasteiger partial charge >= 0.3 is 0 Å². The Labute approximate surface area is 157 Å². The quantitative estimate of drug-likeness (QED) is 0.741. The summed E-state index contributed by atoms with van der Waals surface area (Å²) >= 11 is 3.14. The predicted molar refractivity (Wildman–Crippen MR) is 105 cm³/mol. The van der Waals surface area contributed by atoms with E-state index in [9.17, 15) is 10.1 Å². The van der Waals surface area contributed by atoms with Crippen molar-refractivity contribution >= 4 is 34.0 Å². The lowest BCUT2D eigenvalue weighted by Gasteiger charge is -2.08. The highest BCUT2D eigenvalue weighted by Gasteiger charge is 2.20. The molecule has 3 nitrogen and oxygen atoms in total. The van der Waals surface area contributed by atoms with Gasteiger partial charge in [-0.3, -0.25) is 4.79 Å². The molecule has 0 atom stereocenters. The smallest absolute Gasteiger partial charge is 0.235 e. The summed E-state index contributed by atoms with van der Waals surface area (Å²) in [7, 11) is 0. The SMILES string of the molecule is Cc1ccccc1SCC(=O)Nc1sc2c(c1C#N)CCCCCC2. The second-order valence-corrected chi connectivity index (χ2v) is 8.46. The van der Waals surface area contributed by atoms with Crippen LogP contribution < -0.4 is 5.32 Å². The van der Waals surface area contributed by atoms with Crippen molar-refractivity contribution in [3.05, 3.63) is 45.8 Å². The minimum absolute atomic E-state index is 0.0426. The Hall–Kier alpha value is -1.77. The van der Waals surface area contributed by atoms with Crippen LogP contribution in [0.2, 0.25) is 0 Å². The second kappa shape index (κ2) is 8.55. The van der Waals surface area contributed by atoms with Crippen LogP contribution in [0.4, 0.5) is 5.00 Å². The van der Waals surface area contributed by atoms with E-state index in [1.807, 2.05) is 31.2 Å². The molecular formula is C20H22N2OS2. The fourth-order valence-corrected chi connectivity index (χ4v) is 5.24. The maximum atomic E-state index is 12.4. The molecule has 0 saturated carbocycles. The summed E-state index contributed by atoms with van der Waals surface area (Å²) < 4.78 is 0. The summed E-state index contributed by atoms with van der Waals surface area (Å²) in [6.07, 6.45) is 6.79. The molecule has 0 fully saturated rings. The molecule has 1 amide bonds. The number of aryl methyl sites for hydroxylation is 2. The van der Waals surface area contributed by atoms with Crippen molar-refractivity contribution < 1.29 is 4.79 Å². The van der Waals surface area contributed by atoms with Gasteiger partial charge in [0.1, 0.15) is 11.1 Å². The molecule has 5 heteroatoms. The second-order valence-electron chi connectivity index (χ2n) is 6.34. The molecular weight excluding hydrogens is 348 g/mol. The first kappa shape index (κ1) is 18.0. The predicted octanol–water partition coefficient (Wildman–Crippen LogP) is 5.32. The van der Waals surface area contributed by atoms with Crippen molar-refractivity contribution in [2.24, 2.45) is 0 Å². The zero-order chi connectivity index (χ0) is 17.6. The molecule has 1 aliphatic rings. The number of thioether (sulfide) groups is 1. The molecule has 0 aliphatic heterocycles. The van der Waals surface area contributed by atoms with Crippen LogP contribution in [-0.2, 0) is 17.6 Å². The Morgan fingerprint density at radius 3 is 2.76 bits per heavy atom. The van der Waals surface area contributed by atoms with Crippen molar-refractivity contribution in [1.82, 2.24) is 0 Å². The van der Waals surface area contributed by atoms with Crippen molar-refractivity contribution in [2.45, 2.75) is 50.3 Å². The highest BCUT2D eigenvalue weighted by atomic mass is 32.2. The van der Waals surface area contributed by atoms with Gasteiger partial charge in [-0.05, 0) is 49.8 Å². The molecule has 1 N–H and O–H groups in total. The zero-order valence-corrected chi connectivity index (χ0v) is 16.1. The summed E-state index contributed by atoms with van der Waals surface area (Å²) in [5.41, 5.74) is 3.04. The van der Waals surface area contributed by atoms with E-state index >= 15 is 0 Å². The lowest BCUT2D eigenvalue weighted by Crippen LogP contribution is -2.14. The topological polar surface area (TPSA) is 52.9 Å². The maximum Gasteiger partial charge on any atom is 0.235 e. The number of nitrogens with one attached hydrogen (secondary N) is 1. The Bertz CT molecular complexity index is 805. The number of anilines is 1. The van der Waals surface area contributed by atoms with Gasteiger partial charge in [0.2, 0.25) is 5.91 Å². The monoisotopic (exact) mass is 370 g/mol. The molecule has 1 heterocycles. The Morgan fingerprint density at radius 2 is 2.00 bits per heavy atom. The molecule has 0 bridgehead atoms. The summed E-state index contributed by atoms with van der Waals surface area (Å²) in [5.74, 6) is 0.317. The Morgan fingerprint density at radius 1 is 1.24 bits per heavy atom. The van der Waals surface area contributed by atoms with Gasteiger partial charge in [0.05, 0.1) is 11.3 Å². The number of amides is 1. The van der Waals surface area contributed by atoms with Gasteiger partial charge in [0, 0.05) is 9.77 Å². The summed E-state index contributed by atoms with van der Waals surface area (Å²) in [4.78, 5) is 14.8. The van der Waals surface area contributed by atoms with Crippen LogP contribution in [0.15, 0.2) is 29.2 Å². The molecule has 1 aromatic carbocycles. The number of carbonyl (C=O) groups is 1. The third kappa shape index (κ3) is 4.45. The van der Waals surface area contributed by atoms with E-state index in [1.165, 1.54) is 47.0 Å². The number of nitriles is 1. The number of nitrogens with zero attached hydrogens (tertiary/aromatic N) is 1. The van der Waals surface area contributed by atoms with Gasteiger partial charge in [-0.1, -0.05) is 31.0 Å². The van der Waals surface area contributed by atoms with Crippen LogP contribution in [-0.4, -0.2) is 11.7 Å². The van der Waals surface area contributed by atoms with Gasteiger partial charge in [-0.15, -0.1) is 23.1 Å². The van der Waals surface area contributed by atoms with E-state index in [1.54, 1.807) is 11.3 Å². The highest BCUT2D eigenvalue weighted by molar-refractivity contribution is 8.00. The molecule has 1 aromatic heterocycles. The van der Waals surface area contributed by atoms with Crippen LogP contribution in [0.25, 0.3) is 0 Å². The summed E-state index contributed by atoms with van der Waals surface area (Å²) in [6, 6.07) is 10.4. The van der Waals surface area contributed by atoms with Crippen molar-refractivity contribution in [3.63, 3.8) is 0 Å². The van der Waals surface area contributed by atoms with E-state index in [-0.39, 0.29) is 5.91 Å². The zero-order valence-electron chi connectivity index (χ0n) is 14.4. The molecule has 0 saturated heterocycles. The van der Waals surface area contributed by atoms with Crippen molar-refractivity contribution in [2.75, 3.05) is 11.1 Å². The van der Waals surface area contributed by atoms with E-state index in [0.29, 0.717) is 11.3 Å². The Balaban J connectivity index is 1.70. The number of carbonyl (C=O) groups excluding carboxylic acids is 1. The maximum absolute atomic E-state index is 12.4. The van der Waals surface area contributed by atoms with E-state index < -0.39 is 0 Å². The fourth-order valence-electron chi connectivity index (χ4n) is 3.15. The highest BCUT2D eigenvalue weighted by Crippen LogP contribution is 2.36.